The van der Waals surface area contributed by atoms with E-state index in [1.807, 2.05) is 0 Å². The molecule has 0 radical (unpaired) electrons. The number of benzene rings is 1. The number of aliphatic carboxylic acids is 1. The summed E-state index contributed by atoms with van der Waals surface area (Å²) in [6, 6.07) is 4.59. The van der Waals surface area contributed by atoms with Crippen LogP contribution in [0.2, 0.25) is 0 Å². The highest BCUT2D eigenvalue weighted by molar-refractivity contribution is 5.85. The molecule has 0 bridgehead atoms. The van der Waals surface area contributed by atoms with Crippen molar-refractivity contribution in [3.05, 3.63) is 41.2 Å². The van der Waals surface area contributed by atoms with Crippen LogP contribution in [0.15, 0.2) is 24.3 Å². The third-order valence-electron chi connectivity index (χ3n) is 2.59. The number of rotatable bonds is 7. The number of hydrogen-bond acceptors (Lipinski definition) is 2. The molecule has 0 amide bonds. The number of hydrogen-bond donors (Lipinski definition) is 1. The summed E-state index contributed by atoms with van der Waals surface area (Å²) in [4.78, 5) is 10.4. The molecule has 0 aliphatic carbocycles. The number of carboxylic acid groups (broad SMARTS) is 1. The molecule has 1 rings (SSSR count). The molecule has 0 fully saturated rings. The van der Waals surface area contributed by atoms with Crippen LogP contribution in [-0.2, 0) is 16.1 Å². The van der Waals surface area contributed by atoms with E-state index in [-0.39, 0.29) is 12.4 Å². The lowest BCUT2D eigenvalue weighted by Crippen LogP contribution is -2.01. The molecular weight excluding hydrogens is 247 g/mol. The van der Waals surface area contributed by atoms with Crippen LogP contribution in [-0.4, -0.2) is 17.7 Å². The zero-order chi connectivity index (χ0) is 14.3. The van der Waals surface area contributed by atoms with Gasteiger partial charge in [0.2, 0.25) is 0 Å². The highest BCUT2D eigenvalue weighted by atomic mass is 19.1. The maximum atomic E-state index is 13.7. The van der Waals surface area contributed by atoms with Crippen LogP contribution in [0.3, 0.4) is 0 Å². The monoisotopic (exact) mass is 266 g/mol. The average molecular weight is 266 g/mol. The molecular formula is C15H19FO3. The van der Waals surface area contributed by atoms with E-state index in [4.69, 9.17) is 9.84 Å². The molecule has 104 valence electrons. The molecule has 0 saturated carbocycles. The second-order valence-corrected chi connectivity index (χ2v) is 4.76. The highest BCUT2D eigenvalue weighted by Gasteiger charge is 2.03. The molecule has 3 nitrogen and oxygen atoms in total. The van der Waals surface area contributed by atoms with Crippen LogP contribution in [0.1, 0.15) is 31.4 Å². The normalized spacial score (nSPS) is 11.4. The Morgan fingerprint density at radius 1 is 1.47 bits per heavy atom. The maximum Gasteiger partial charge on any atom is 0.328 e. The molecule has 0 unspecified atom stereocenters. The van der Waals surface area contributed by atoms with Crippen molar-refractivity contribution in [2.45, 2.75) is 26.9 Å². The van der Waals surface area contributed by atoms with E-state index in [1.165, 1.54) is 12.1 Å². The quantitative estimate of drug-likeness (QED) is 0.607. The van der Waals surface area contributed by atoms with Crippen LogP contribution >= 0.6 is 0 Å². The minimum atomic E-state index is -1.05. The van der Waals surface area contributed by atoms with Crippen LogP contribution < -0.4 is 0 Å². The second kappa shape index (κ2) is 7.69. The van der Waals surface area contributed by atoms with Gasteiger partial charge in [0, 0.05) is 18.2 Å². The van der Waals surface area contributed by atoms with Crippen molar-refractivity contribution in [1.29, 1.82) is 0 Å². The smallest absolute Gasteiger partial charge is 0.328 e. The van der Waals surface area contributed by atoms with Crippen LogP contribution in [0.5, 0.6) is 0 Å². The van der Waals surface area contributed by atoms with Gasteiger partial charge in [0.05, 0.1) is 6.61 Å². The summed E-state index contributed by atoms with van der Waals surface area (Å²) in [6.45, 7) is 5.06. The molecule has 1 aromatic carbocycles. The summed E-state index contributed by atoms with van der Waals surface area (Å²) in [5.41, 5.74) is 1.00. The van der Waals surface area contributed by atoms with E-state index >= 15 is 0 Å². The number of halogens is 1. The molecule has 0 heterocycles. The molecule has 0 aromatic heterocycles. The van der Waals surface area contributed by atoms with Gasteiger partial charge in [-0.25, -0.2) is 9.18 Å². The minimum absolute atomic E-state index is 0.238. The Balaban J connectivity index is 2.55. The number of ether oxygens (including phenoxy) is 1. The second-order valence-electron chi connectivity index (χ2n) is 4.76. The Morgan fingerprint density at radius 2 is 2.21 bits per heavy atom. The van der Waals surface area contributed by atoms with E-state index in [1.54, 1.807) is 12.1 Å². The number of carboxylic acids is 1. The van der Waals surface area contributed by atoms with Crippen molar-refractivity contribution in [3.8, 4) is 0 Å². The molecule has 0 aliphatic rings. The largest absolute Gasteiger partial charge is 0.478 e. The van der Waals surface area contributed by atoms with Crippen molar-refractivity contribution in [2.75, 3.05) is 6.61 Å². The van der Waals surface area contributed by atoms with E-state index in [2.05, 4.69) is 13.8 Å². The third-order valence-corrected chi connectivity index (χ3v) is 2.59. The molecule has 1 N–H and O–H groups in total. The van der Waals surface area contributed by atoms with Crippen molar-refractivity contribution in [1.82, 2.24) is 0 Å². The molecule has 19 heavy (non-hydrogen) atoms. The Hall–Kier alpha value is -1.68. The minimum Gasteiger partial charge on any atom is -0.478 e. The molecule has 0 aliphatic heterocycles. The van der Waals surface area contributed by atoms with Gasteiger partial charge in [-0.2, -0.15) is 0 Å². The zero-order valence-electron chi connectivity index (χ0n) is 11.2. The fraction of sp³-hybridized carbons (Fsp3) is 0.400. The molecule has 0 atom stereocenters. The fourth-order valence-electron chi connectivity index (χ4n) is 1.45. The van der Waals surface area contributed by atoms with Gasteiger partial charge in [-0.15, -0.1) is 0 Å². The van der Waals surface area contributed by atoms with Gasteiger partial charge in [0.25, 0.3) is 0 Å². The van der Waals surface area contributed by atoms with Crippen molar-refractivity contribution >= 4 is 12.0 Å². The van der Waals surface area contributed by atoms with Gasteiger partial charge in [0.1, 0.15) is 5.82 Å². The van der Waals surface area contributed by atoms with E-state index in [9.17, 15) is 9.18 Å². The Bertz CT molecular complexity index is 453. The van der Waals surface area contributed by atoms with Gasteiger partial charge in [-0.1, -0.05) is 26.0 Å². The lowest BCUT2D eigenvalue weighted by atomic mass is 10.1. The van der Waals surface area contributed by atoms with Gasteiger partial charge >= 0.3 is 5.97 Å². The highest BCUT2D eigenvalue weighted by Crippen LogP contribution is 2.13. The Labute approximate surface area is 112 Å². The fourth-order valence-corrected chi connectivity index (χ4v) is 1.45. The first kappa shape index (κ1) is 15.4. The third kappa shape index (κ3) is 6.15. The lowest BCUT2D eigenvalue weighted by Gasteiger charge is -2.07. The van der Waals surface area contributed by atoms with E-state index < -0.39 is 5.97 Å². The van der Waals surface area contributed by atoms with Crippen LogP contribution in [0.4, 0.5) is 4.39 Å². The first-order chi connectivity index (χ1) is 8.99. The van der Waals surface area contributed by atoms with E-state index in [0.717, 1.165) is 12.5 Å². The molecule has 1 aromatic rings. The van der Waals surface area contributed by atoms with Crippen molar-refractivity contribution in [2.24, 2.45) is 5.92 Å². The lowest BCUT2D eigenvalue weighted by molar-refractivity contribution is -0.131. The summed E-state index contributed by atoms with van der Waals surface area (Å²) in [5, 5.41) is 8.49. The predicted octanol–water partition coefficient (Wildman–Crippen LogP) is 3.49. The topological polar surface area (TPSA) is 46.5 Å². The Kier molecular flexibility index (Phi) is 6.22. The van der Waals surface area contributed by atoms with Gasteiger partial charge < -0.3 is 9.84 Å². The van der Waals surface area contributed by atoms with Gasteiger partial charge in [0.15, 0.2) is 0 Å². The van der Waals surface area contributed by atoms with E-state index in [0.29, 0.717) is 23.7 Å². The summed E-state index contributed by atoms with van der Waals surface area (Å²) >= 11 is 0. The SMILES string of the molecule is CC(C)CCOCc1ccc(/C=C/C(=O)O)cc1F. The summed E-state index contributed by atoms with van der Waals surface area (Å²) < 4.78 is 19.1. The standard InChI is InChI=1S/C15H19FO3/c1-11(2)7-8-19-10-13-5-3-12(9-14(13)16)4-6-15(17)18/h3-6,9,11H,7-8,10H2,1-2H3,(H,17,18)/b6-4+. The molecule has 0 saturated heterocycles. The van der Waals surface area contributed by atoms with Crippen LogP contribution in [0.25, 0.3) is 6.08 Å². The predicted molar refractivity (Wildman–Crippen MR) is 72.2 cm³/mol. The van der Waals surface area contributed by atoms with Crippen molar-refractivity contribution < 1.29 is 19.0 Å². The first-order valence-corrected chi connectivity index (χ1v) is 6.26. The summed E-state index contributed by atoms with van der Waals surface area (Å²) in [5.74, 6) is -0.869. The van der Waals surface area contributed by atoms with Crippen molar-refractivity contribution in [3.63, 3.8) is 0 Å². The molecule has 4 heteroatoms. The maximum absolute atomic E-state index is 13.7. The summed E-state index contributed by atoms with van der Waals surface area (Å²) in [7, 11) is 0. The zero-order valence-corrected chi connectivity index (χ0v) is 11.2. The Morgan fingerprint density at radius 3 is 2.79 bits per heavy atom. The van der Waals surface area contributed by atoms with Crippen LogP contribution in [0, 0.1) is 11.7 Å². The van der Waals surface area contributed by atoms with Gasteiger partial charge in [-0.3, -0.25) is 0 Å². The summed E-state index contributed by atoms with van der Waals surface area (Å²) in [6.07, 6.45) is 3.28. The molecule has 0 spiro atoms. The first-order valence-electron chi connectivity index (χ1n) is 6.26. The number of carbonyl (C=O) groups is 1. The van der Waals surface area contributed by atoms with Gasteiger partial charge in [-0.05, 0) is 30.0 Å². The average Bonchev–Trinajstić information content (AvgIpc) is 2.33.